The highest BCUT2D eigenvalue weighted by atomic mass is 16.4. The zero-order chi connectivity index (χ0) is 10.4. The van der Waals surface area contributed by atoms with E-state index in [1.807, 2.05) is 30.3 Å². The molecule has 0 aliphatic rings. The summed E-state index contributed by atoms with van der Waals surface area (Å²) in [6.45, 7) is 0. The summed E-state index contributed by atoms with van der Waals surface area (Å²) in [5, 5.41) is 19.7. The van der Waals surface area contributed by atoms with Crippen molar-refractivity contribution in [3.63, 3.8) is 0 Å². The summed E-state index contributed by atoms with van der Waals surface area (Å²) in [6.07, 6.45) is 0.329. The average Bonchev–Trinajstić information content (AvgIpc) is 2.18. The molecule has 0 bridgehead atoms. The molecular weight excluding hydrogens is 180 g/mol. The highest BCUT2D eigenvalue weighted by Gasteiger charge is 2.05. The van der Waals surface area contributed by atoms with Gasteiger partial charge in [-0.3, -0.25) is 0 Å². The van der Waals surface area contributed by atoms with Gasteiger partial charge in [0.25, 0.3) is 0 Å². The summed E-state index contributed by atoms with van der Waals surface area (Å²) in [4.78, 5) is 10.1. The van der Waals surface area contributed by atoms with Crippen LogP contribution < -0.4 is 5.11 Å². The lowest BCUT2D eigenvalue weighted by Gasteiger charge is -2.10. The van der Waals surface area contributed by atoms with Crippen LogP contribution in [-0.2, 0) is 4.79 Å². The van der Waals surface area contributed by atoms with Crippen LogP contribution in [0.3, 0.4) is 0 Å². The monoisotopic (exact) mass is 193 g/mol. The maximum Gasteiger partial charge on any atom is 0.0790 e. The van der Waals surface area contributed by atoms with Gasteiger partial charge < -0.3 is 15.0 Å². The largest absolute Gasteiger partial charge is 0.550 e. The van der Waals surface area contributed by atoms with Crippen molar-refractivity contribution in [2.45, 2.75) is 25.4 Å². The molecule has 0 heterocycles. The third kappa shape index (κ3) is 3.58. The molecule has 1 aromatic carbocycles. The molecule has 3 nitrogen and oxygen atoms in total. The van der Waals surface area contributed by atoms with Gasteiger partial charge in [-0.25, -0.2) is 0 Å². The molecule has 0 radical (unpaired) electrons. The lowest BCUT2D eigenvalue weighted by molar-refractivity contribution is -0.305. The smallest absolute Gasteiger partial charge is 0.0790 e. The minimum atomic E-state index is -1.06. The fourth-order valence-electron chi connectivity index (χ4n) is 1.28. The highest BCUT2D eigenvalue weighted by molar-refractivity contribution is 5.64. The van der Waals surface area contributed by atoms with Crippen LogP contribution in [-0.4, -0.2) is 11.1 Å². The molecule has 1 N–H and O–H groups in total. The Morgan fingerprint density at radius 3 is 2.57 bits per heavy atom. The summed E-state index contributed by atoms with van der Waals surface area (Å²) in [7, 11) is 0. The molecule has 0 saturated heterocycles. The quantitative estimate of drug-likeness (QED) is 0.746. The average molecular weight is 193 g/mol. The molecule has 0 aliphatic heterocycles. The first-order valence-electron chi connectivity index (χ1n) is 4.63. The summed E-state index contributed by atoms with van der Waals surface area (Å²) in [5.41, 5.74) is 0.825. The van der Waals surface area contributed by atoms with Gasteiger partial charge in [0.15, 0.2) is 0 Å². The molecule has 0 unspecified atom stereocenters. The number of aliphatic carboxylic acids is 1. The number of benzene rings is 1. The van der Waals surface area contributed by atoms with Crippen molar-refractivity contribution < 1.29 is 15.0 Å². The third-order valence-corrected chi connectivity index (χ3v) is 2.04. The van der Waals surface area contributed by atoms with E-state index in [9.17, 15) is 15.0 Å². The molecule has 1 aromatic rings. The molecule has 1 atom stereocenters. The molecular formula is C11H13O3-. The molecule has 3 heteroatoms. The number of carboxylic acid groups (broad SMARTS) is 1. The van der Waals surface area contributed by atoms with Gasteiger partial charge in [0.1, 0.15) is 0 Å². The Balaban J connectivity index is 2.36. The van der Waals surface area contributed by atoms with Crippen LogP contribution in [0.1, 0.15) is 30.9 Å². The van der Waals surface area contributed by atoms with Crippen molar-refractivity contribution in [3.8, 4) is 0 Å². The first-order valence-corrected chi connectivity index (χ1v) is 4.63. The fraction of sp³-hybridized carbons (Fsp3) is 0.364. The van der Waals surface area contributed by atoms with Gasteiger partial charge in [-0.15, -0.1) is 0 Å². The Morgan fingerprint density at radius 2 is 2.00 bits per heavy atom. The number of carbonyl (C=O) groups excluding carboxylic acids is 1. The van der Waals surface area contributed by atoms with Crippen LogP contribution in [0.2, 0.25) is 0 Å². The predicted octanol–water partition coefficient (Wildman–Crippen LogP) is 0.640. The summed E-state index contributed by atoms with van der Waals surface area (Å²) < 4.78 is 0. The van der Waals surface area contributed by atoms with E-state index >= 15 is 0 Å². The zero-order valence-electron chi connectivity index (χ0n) is 7.85. The SMILES string of the molecule is O=C([O-])CCC[C@H](O)c1ccccc1. The second-order valence-corrected chi connectivity index (χ2v) is 3.19. The first kappa shape index (κ1) is 10.7. The normalized spacial score (nSPS) is 12.4. The number of hydrogen-bond acceptors (Lipinski definition) is 3. The number of carboxylic acids is 1. The van der Waals surface area contributed by atoms with E-state index in [0.717, 1.165) is 5.56 Å². The van der Waals surface area contributed by atoms with Crippen LogP contribution in [0.5, 0.6) is 0 Å². The van der Waals surface area contributed by atoms with Crippen LogP contribution in [0.25, 0.3) is 0 Å². The minimum absolute atomic E-state index is 0.00386. The van der Waals surface area contributed by atoms with Crippen LogP contribution in [0.15, 0.2) is 30.3 Å². The molecule has 1 rings (SSSR count). The first-order chi connectivity index (χ1) is 6.70. The van der Waals surface area contributed by atoms with E-state index in [-0.39, 0.29) is 6.42 Å². The Labute approximate surface area is 83.0 Å². The van der Waals surface area contributed by atoms with E-state index in [0.29, 0.717) is 12.8 Å². The van der Waals surface area contributed by atoms with Gasteiger partial charge in [-0.05, 0) is 24.8 Å². The number of rotatable bonds is 5. The highest BCUT2D eigenvalue weighted by Crippen LogP contribution is 2.18. The Bertz CT molecular complexity index is 282. The van der Waals surface area contributed by atoms with Gasteiger partial charge in [-0.1, -0.05) is 30.3 Å². The van der Waals surface area contributed by atoms with Crippen molar-refractivity contribution in [2.24, 2.45) is 0 Å². The van der Waals surface area contributed by atoms with E-state index in [4.69, 9.17) is 0 Å². The Hall–Kier alpha value is -1.35. The van der Waals surface area contributed by atoms with Crippen molar-refractivity contribution in [2.75, 3.05) is 0 Å². The summed E-state index contributed by atoms with van der Waals surface area (Å²) in [6, 6.07) is 9.21. The van der Waals surface area contributed by atoms with E-state index < -0.39 is 12.1 Å². The topological polar surface area (TPSA) is 60.4 Å². The number of aliphatic hydroxyl groups is 1. The number of carbonyl (C=O) groups is 1. The molecule has 0 amide bonds. The number of aliphatic hydroxyl groups excluding tert-OH is 1. The van der Waals surface area contributed by atoms with Gasteiger partial charge >= 0.3 is 0 Å². The van der Waals surface area contributed by atoms with Crippen molar-refractivity contribution >= 4 is 5.97 Å². The molecule has 0 fully saturated rings. The van der Waals surface area contributed by atoms with Crippen LogP contribution in [0, 0.1) is 0 Å². The van der Waals surface area contributed by atoms with Gasteiger partial charge in [0.05, 0.1) is 6.10 Å². The molecule has 0 spiro atoms. The predicted molar refractivity (Wildman–Crippen MR) is 50.3 cm³/mol. The fourth-order valence-corrected chi connectivity index (χ4v) is 1.28. The third-order valence-electron chi connectivity index (χ3n) is 2.04. The zero-order valence-corrected chi connectivity index (χ0v) is 7.85. The maximum atomic E-state index is 10.1. The van der Waals surface area contributed by atoms with Gasteiger partial charge in [0, 0.05) is 5.97 Å². The standard InChI is InChI=1S/C11H14O3/c12-10(7-4-8-11(13)14)9-5-2-1-3-6-9/h1-3,5-6,10,12H,4,7-8H2,(H,13,14)/p-1/t10-/m0/s1. The van der Waals surface area contributed by atoms with Crippen molar-refractivity contribution in [1.82, 2.24) is 0 Å². The summed E-state index contributed by atoms with van der Waals surface area (Å²) in [5.74, 6) is -1.06. The van der Waals surface area contributed by atoms with Crippen LogP contribution >= 0.6 is 0 Å². The Kier molecular flexibility index (Phi) is 4.13. The Morgan fingerprint density at radius 1 is 1.36 bits per heavy atom. The van der Waals surface area contributed by atoms with E-state index in [2.05, 4.69) is 0 Å². The molecule has 0 aliphatic carbocycles. The van der Waals surface area contributed by atoms with Crippen molar-refractivity contribution in [3.05, 3.63) is 35.9 Å². The molecule has 0 aromatic heterocycles. The summed E-state index contributed by atoms with van der Waals surface area (Å²) >= 11 is 0. The molecule has 0 saturated carbocycles. The van der Waals surface area contributed by atoms with E-state index in [1.54, 1.807) is 0 Å². The lowest BCUT2D eigenvalue weighted by Crippen LogP contribution is -2.21. The molecule has 14 heavy (non-hydrogen) atoms. The van der Waals surface area contributed by atoms with Crippen LogP contribution in [0.4, 0.5) is 0 Å². The second kappa shape index (κ2) is 5.40. The maximum absolute atomic E-state index is 10.1. The lowest BCUT2D eigenvalue weighted by atomic mass is 10.0. The number of hydrogen-bond donors (Lipinski definition) is 1. The van der Waals surface area contributed by atoms with Crippen molar-refractivity contribution in [1.29, 1.82) is 0 Å². The molecule has 76 valence electrons. The second-order valence-electron chi connectivity index (χ2n) is 3.19. The van der Waals surface area contributed by atoms with Gasteiger partial charge in [0.2, 0.25) is 0 Å². The minimum Gasteiger partial charge on any atom is -0.550 e. The van der Waals surface area contributed by atoms with Gasteiger partial charge in [-0.2, -0.15) is 0 Å². The van der Waals surface area contributed by atoms with E-state index in [1.165, 1.54) is 0 Å².